The van der Waals surface area contributed by atoms with E-state index in [4.69, 9.17) is 5.73 Å². The Morgan fingerprint density at radius 2 is 1.62 bits per heavy atom. The molecule has 2 aliphatic rings. The fraction of sp³-hybridized carbons (Fsp3) is 0.588. The van der Waals surface area contributed by atoms with Gasteiger partial charge in [0, 0.05) is 13.1 Å². The molecule has 21 heavy (non-hydrogen) atoms. The highest BCUT2D eigenvalue weighted by atomic mass is 35.5. The van der Waals surface area contributed by atoms with Gasteiger partial charge in [0.2, 0.25) is 5.91 Å². The smallest absolute Gasteiger partial charge is 0.244 e. The van der Waals surface area contributed by atoms with E-state index in [1.54, 1.807) is 0 Å². The molecule has 3 rings (SSSR count). The summed E-state index contributed by atoms with van der Waals surface area (Å²) in [6.45, 7) is 3.87. The average Bonchev–Trinajstić information content (AvgIpc) is 3.32. The molecule has 2 fully saturated rings. The van der Waals surface area contributed by atoms with Crippen molar-refractivity contribution in [1.82, 2.24) is 4.90 Å². The molecule has 2 aliphatic carbocycles. The Labute approximate surface area is 133 Å². The fourth-order valence-corrected chi connectivity index (χ4v) is 2.59. The quantitative estimate of drug-likeness (QED) is 0.878. The van der Waals surface area contributed by atoms with E-state index in [0.29, 0.717) is 0 Å². The SMILES string of the molecule is Cc1ccc(C(N)C(=O)N(CC2CC2)CC2CC2)cc1.Cl. The van der Waals surface area contributed by atoms with Crippen LogP contribution in [-0.4, -0.2) is 23.9 Å². The zero-order valence-electron chi connectivity index (χ0n) is 12.6. The number of carbonyl (C=O) groups excluding carboxylic acids is 1. The second-order valence-electron chi connectivity index (χ2n) is 6.52. The third-order valence-corrected chi connectivity index (χ3v) is 4.37. The molecule has 0 saturated heterocycles. The van der Waals surface area contributed by atoms with E-state index >= 15 is 0 Å². The van der Waals surface area contributed by atoms with Crippen molar-refractivity contribution in [3.05, 3.63) is 35.4 Å². The minimum absolute atomic E-state index is 0. The highest BCUT2D eigenvalue weighted by Crippen LogP contribution is 2.34. The van der Waals surface area contributed by atoms with Gasteiger partial charge < -0.3 is 10.6 Å². The standard InChI is InChI=1S/C17H24N2O.ClH/c1-12-2-8-15(9-3-12)16(18)17(20)19(10-13-4-5-13)11-14-6-7-14;/h2-3,8-9,13-14,16H,4-7,10-11,18H2,1H3;1H. The molecule has 0 aliphatic heterocycles. The van der Waals surface area contributed by atoms with E-state index in [9.17, 15) is 4.79 Å². The van der Waals surface area contributed by atoms with Gasteiger partial charge in [-0.25, -0.2) is 0 Å². The number of carbonyl (C=O) groups is 1. The van der Waals surface area contributed by atoms with Gasteiger partial charge in [0.05, 0.1) is 0 Å². The average molecular weight is 309 g/mol. The molecule has 0 bridgehead atoms. The predicted octanol–water partition coefficient (Wildman–Crippen LogP) is 3.07. The van der Waals surface area contributed by atoms with Crippen LogP contribution in [0.4, 0.5) is 0 Å². The molecule has 4 heteroatoms. The molecule has 2 N–H and O–H groups in total. The van der Waals surface area contributed by atoms with Gasteiger partial charge in [0.15, 0.2) is 0 Å². The molecule has 1 atom stereocenters. The van der Waals surface area contributed by atoms with Gasteiger partial charge in [0.25, 0.3) is 0 Å². The maximum Gasteiger partial charge on any atom is 0.244 e. The van der Waals surface area contributed by atoms with Crippen molar-refractivity contribution in [3.63, 3.8) is 0 Å². The van der Waals surface area contributed by atoms with Crippen LogP contribution < -0.4 is 5.73 Å². The van der Waals surface area contributed by atoms with Crippen LogP contribution in [0, 0.1) is 18.8 Å². The molecule has 1 unspecified atom stereocenters. The van der Waals surface area contributed by atoms with E-state index in [1.165, 1.54) is 31.2 Å². The van der Waals surface area contributed by atoms with Crippen LogP contribution in [0.5, 0.6) is 0 Å². The summed E-state index contributed by atoms with van der Waals surface area (Å²) < 4.78 is 0. The van der Waals surface area contributed by atoms with Crippen LogP contribution in [0.25, 0.3) is 0 Å². The van der Waals surface area contributed by atoms with Crippen LogP contribution in [0.15, 0.2) is 24.3 Å². The molecule has 0 aromatic heterocycles. The molecule has 2 saturated carbocycles. The third kappa shape index (κ3) is 4.45. The Balaban J connectivity index is 0.00000161. The van der Waals surface area contributed by atoms with Gasteiger partial charge in [0.1, 0.15) is 6.04 Å². The molecule has 1 aromatic carbocycles. The summed E-state index contributed by atoms with van der Waals surface area (Å²) >= 11 is 0. The number of aryl methyl sites for hydroxylation is 1. The minimum Gasteiger partial charge on any atom is -0.340 e. The van der Waals surface area contributed by atoms with Crippen LogP contribution in [0.1, 0.15) is 42.9 Å². The lowest BCUT2D eigenvalue weighted by Crippen LogP contribution is -2.41. The summed E-state index contributed by atoms with van der Waals surface area (Å²) in [5.74, 6) is 1.55. The molecular formula is C17H25ClN2O. The van der Waals surface area contributed by atoms with E-state index in [-0.39, 0.29) is 18.3 Å². The highest BCUT2D eigenvalue weighted by Gasteiger charge is 2.33. The first-order valence-corrected chi connectivity index (χ1v) is 7.74. The number of hydrogen-bond donors (Lipinski definition) is 1. The summed E-state index contributed by atoms with van der Waals surface area (Å²) in [7, 11) is 0. The Morgan fingerprint density at radius 1 is 1.14 bits per heavy atom. The van der Waals surface area contributed by atoms with Gasteiger partial charge in [-0.2, -0.15) is 0 Å². The lowest BCUT2D eigenvalue weighted by Gasteiger charge is -2.26. The second-order valence-corrected chi connectivity index (χ2v) is 6.52. The summed E-state index contributed by atoms with van der Waals surface area (Å²) in [5.41, 5.74) is 8.31. The van der Waals surface area contributed by atoms with Crippen molar-refractivity contribution in [1.29, 1.82) is 0 Å². The topological polar surface area (TPSA) is 46.3 Å². The van der Waals surface area contributed by atoms with Crippen molar-refractivity contribution >= 4 is 18.3 Å². The van der Waals surface area contributed by atoms with Gasteiger partial charge in [-0.15, -0.1) is 12.4 Å². The number of hydrogen-bond acceptors (Lipinski definition) is 2. The number of nitrogens with two attached hydrogens (primary N) is 1. The van der Waals surface area contributed by atoms with Crippen molar-refractivity contribution in [2.24, 2.45) is 17.6 Å². The third-order valence-electron chi connectivity index (χ3n) is 4.37. The highest BCUT2D eigenvalue weighted by molar-refractivity contribution is 5.85. The molecule has 3 nitrogen and oxygen atoms in total. The first-order valence-electron chi connectivity index (χ1n) is 7.74. The Hall–Kier alpha value is -1.06. The normalized spacial score (nSPS) is 18.8. The Bertz CT molecular complexity index is 466. The summed E-state index contributed by atoms with van der Waals surface area (Å²) in [6.07, 6.45) is 5.09. The Morgan fingerprint density at radius 3 is 2.05 bits per heavy atom. The number of nitrogens with zero attached hydrogens (tertiary/aromatic N) is 1. The van der Waals surface area contributed by atoms with Crippen LogP contribution in [-0.2, 0) is 4.79 Å². The van der Waals surface area contributed by atoms with Gasteiger partial charge in [-0.1, -0.05) is 29.8 Å². The number of benzene rings is 1. The predicted molar refractivity (Wildman–Crippen MR) is 87.4 cm³/mol. The van der Waals surface area contributed by atoms with E-state index in [0.717, 1.165) is 30.5 Å². The monoisotopic (exact) mass is 308 g/mol. The molecular weight excluding hydrogens is 284 g/mol. The largest absolute Gasteiger partial charge is 0.340 e. The molecule has 116 valence electrons. The zero-order valence-corrected chi connectivity index (χ0v) is 13.4. The van der Waals surface area contributed by atoms with Crippen molar-refractivity contribution < 1.29 is 4.79 Å². The summed E-state index contributed by atoms with van der Waals surface area (Å²) in [5, 5.41) is 0. The number of halogens is 1. The number of rotatable bonds is 6. The second kappa shape index (κ2) is 6.80. The van der Waals surface area contributed by atoms with Gasteiger partial charge in [-0.05, 0) is 50.0 Å². The van der Waals surface area contributed by atoms with Gasteiger partial charge in [-0.3, -0.25) is 4.79 Å². The lowest BCUT2D eigenvalue weighted by molar-refractivity contribution is -0.133. The molecule has 1 amide bonds. The van der Waals surface area contributed by atoms with Crippen molar-refractivity contribution in [2.45, 2.75) is 38.6 Å². The molecule has 1 aromatic rings. The zero-order chi connectivity index (χ0) is 14.1. The van der Waals surface area contributed by atoms with E-state index < -0.39 is 6.04 Å². The molecule has 0 spiro atoms. The van der Waals surface area contributed by atoms with Crippen molar-refractivity contribution in [3.8, 4) is 0 Å². The van der Waals surface area contributed by atoms with E-state index in [1.807, 2.05) is 36.1 Å². The Kier molecular flexibility index (Phi) is 5.28. The summed E-state index contributed by atoms with van der Waals surface area (Å²) in [4.78, 5) is 14.7. The fourth-order valence-electron chi connectivity index (χ4n) is 2.59. The minimum atomic E-state index is -0.506. The molecule has 0 heterocycles. The van der Waals surface area contributed by atoms with E-state index in [2.05, 4.69) is 0 Å². The maximum absolute atomic E-state index is 12.7. The first kappa shape index (κ1) is 16.3. The van der Waals surface area contributed by atoms with Crippen LogP contribution in [0.2, 0.25) is 0 Å². The van der Waals surface area contributed by atoms with Crippen LogP contribution >= 0.6 is 12.4 Å². The first-order chi connectivity index (χ1) is 9.63. The van der Waals surface area contributed by atoms with Gasteiger partial charge >= 0.3 is 0 Å². The van der Waals surface area contributed by atoms with Crippen molar-refractivity contribution in [2.75, 3.05) is 13.1 Å². The lowest BCUT2D eigenvalue weighted by atomic mass is 10.0. The van der Waals surface area contributed by atoms with Crippen LogP contribution in [0.3, 0.4) is 0 Å². The number of amides is 1. The maximum atomic E-state index is 12.7. The summed E-state index contributed by atoms with van der Waals surface area (Å²) in [6, 6.07) is 7.49. The molecule has 0 radical (unpaired) electrons.